The second-order valence-corrected chi connectivity index (χ2v) is 6.98. The van der Waals surface area contributed by atoms with Crippen LogP contribution in [0.2, 0.25) is 0 Å². The molecule has 0 bridgehead atoms. The Balaban J connectivity index is 1.66. The van der Waals surface area contributed by atoms with Crippen LogP contribution in [0, 0.1) is 23.4 Å². The lowest BCUT2D eigenvalue weighted by Crippen LogP contribution is -2.25. The zero-order valence-corrected chi connectivity index (χ0v) is 15.7. The molecule has 1 aliphatic rings. The molecule has 0 atom stereocenters. The number of hydrogen-bond acceptors (Lipinski definition) is 2. The van der Waals surface area contributed by atoms with E-state index in [4.69, 9.17) is 0 Å². The summed E-state index contributed by atoms with van der Waals surface area (Å²) < 4.78 is 41.3. The minimum Gasteiger partial charge on any atom is -0.323 e. The standard InChI is InChI=1S/C22H21F3N2O2/c23-17-7-4-8-18(24)16(17)10-12-21(28)26-15-9-11-19(25)20(13-15)27-22(29)14-5-2-1-3-6-14/h4,7-14H,1-3,5-6H2,(H,26,28)(H,27,29). The Labute approximate surface area is 166 Å². The molecule has 3 rings (SSSR count). The van der Waals surface area contributed by atoms with Crippen molar-refractivity contribution in [1.82, 2.24) is 0 Å². The summed E-state index contributed by atoms with van der Waals surface area (Å²) in [6.07, 6.45) is 6.62. The molecule has 1 aliphatic carbocycles. The van der Waals surface area contributed by atoms with Crippen LogP contribution < -0.4 is 10.6 Å². The molecular formula is C22H21F3N2O2. The van der Waals surface area contributed by atoms with E-state index in [0.717, 1.165) is 62.5 Å². The number of benzene rings is 2. The summed E-state index contributed by atoms with van der Waals surface area (Å²) in [5.74, 6) is -3.21. The summed E-state index contributed by atoms with van der Waals surface area (Å²) >= 11 is 0. The third-order valence-electron chi connectivity index (χ3n) is 4.87. The van der Waals surface area contributed by atoms with Crippen molar-refractivity contribution in [3.05, 3.63) is 65.5 Å². The van der Waals surface area contributed by atoms with E-state index in [1.807, 2.05) is 0 Å². The zero-order valence-electron chi connectivity index (χ0n) is 15.7. The largest absolute Gasteiger partial charge is 0.323 e. The van der Waals surface area contributed by atoms with Gasteiger partial charge in [0.25, 0.3) is 0 Å². The van der Waals surface area contributed by atoms with Crippen molar-refractivity contribution < 1.29 is 22.8 Å². The highest BCUT2D eigenvalue weighted by Crippen LogP contribution is 2.26. The Morgan fingerprint density at radius 2 is 1.59 bits per heavy atom. The van der Waals surface area contributed by atoms with Crippen LogP contribution in [0.3, 0.4) is 0 Å². The van der Waals surface area contributed by atoms with Gasteiger partial charge in [-0.15, -0.1) is 0 Å². The number of amides is 2. The number of anilines is 2. The summed E-state index contributed by atoms with van der Waals surface area (Å²) in [6, 6.07) is 7.17. The molecule has 0 radical (unpaired) electrons. The summed E-state index contributed by atoms with van der Waals surface area (Å²) in [5.41, 5.74) is -0.112. The van der Waals surface area contributed by atoms with E-state index < -0.39 is 23.4 Å². The summed E-state index contributed by atoms with van der Waals surface area (Å²) in [6.45, 7) is 0. The molecule has 4 nitrogen and oxygen atoms in total. The smallest absolute Gasteiger partial charge is 0.248 e. The molecule has 0 aliphatic heterocycles. The van der Waals surface area contributed by atoms with Crippen molar-refractivity contribution in [3.63, 3.8) is 0 Å². The van der Waals surface area contributed by atoms with Crippen molar-refractivity contribution in [2.24, 2.45) is 5.92 Å². The monoisotopic (exact) mass is 402 g/mol. The van der Waals surface area contributed by atoms with Gasteiger partial charge in [0.15, 0.2) is 0 Å². The van der Waals surface area contributed by atoms with E-state index in [1.165, 1.54) is 18.2 Å². The van der Waals surface area contributed by atoms with Gasteiger partial charge < -0.3 is 10.6 Å². The maximum absolute atomic E-state index is 14.1. The third kappa shape index (κ3) is 5.47. The molecule has 2 aromatic carbocycles. The minimum atomic E-state index is -0.788. The van der Waals surface area contributed by atoms with Crippen LogP contribution in [0.4, 0.5) is 24.5 Å². The van der Waals surface area contributed by atoms with Gasteiger partial charge in [-0.2, -0.15) is 0 Å². The average Bonchev–Trinajstić information content (AvgIpc) is 2.71. The lowest BCUT2D eigenvalue weighted by Gasteiger charge is -2.21. The number of carbonyl (C=O) groups excluding carboxylic acids is 2. The molecule has 152 valence electrons. The van der Waals surface area contributed by atoms with E-state index in [-0.39, 0.29) is 28.8 Å². The second kappa shape index (κ2) is 9.41. The molecule has 29 heavy (non-hydrogen) atoms. The lowest BCUT2D eigenvalue weighted by atomic mass is 9.88. The zero-order chi connectivity index (χ0) is 20.8. The van der Waals surface area contributed by atoms with Crippen molar-refractivity contribution in [2.45, 2.75) is 32.1 Å². The van der Waals surface area contributed by atoms with Gasteiger partial charge in [0.1, 0.15) is 17.5 Å². The number of halogens is 3. The first-order chi connectivity index (χ1) is 13.9. The highest BCUT2D eigenvalue weighted by atomic mass is 19.1. The first-order valence-electron chi connectivity index (χ1n) is 9.47. The fourth-order valence-electron chi connectivity index (χ4n) is 3.31. The number of rotatable bonds is 5. The molecule has 0 spiro atoms. The highest BCUT2D eigenvalue weighted by molar-refractivity contribution is 6.02. The van der Waals surface area contributed by atoms with Crippen LogP contribution in [-0.2, 0) is 9.59 Å². The second-order valence-electron chi connectivity index (χ2n) is 6.98. The van der Waals surface area contributed by atoms with Gasteiger partial charge in [0.2, 0.25) is 11.8 Å². The molecule has 2 aromatic rings. The van der Waals surface area contributed by atoms with Crippen LogP contribution in [0.25, 0.3) is 6.08 Å². The van der Waals surface area contributed by atoms with E-state index in [2.05, 4.69) is 10.6 Å². The summed E-state index contributed by atoms with van der Waals surface area (Å²) in [4.78, 5) is 24.4. The number of nitrogens with one attached hydrogen (secondary N) is 2. The fraction of sp³-hybridized carbons (Fsp3) is 0.273. The van der Waals surface area contributed by atoms with Crippen LogP contribution in [0.1, 0.15) is 37.7 Å². The van der Waals surface area contributed by atoms with Gasteiger partial charge in [0.05, 0.1) is 5.69 Å². The van der Waals surface area contributed by atoms with Gasteiger partial charge in [-0.1, -0.05) is 25.3 Å². The lowest BCUT2D eigenvalue weighted by molar-refractivity contribution is -0.120. The maximum Gasteiger partial charge on any atom is 0.248 e. The molecule has 1 saturated carbocycles. The first-order valence-corrected chi connectivity index (χ1v) is 9.47. The quantitative estimate of drug-likeness (QED) is 0.669. The fourth-order valence-corrected chi connectivity index (χ4v) is 3.31. The normalized spacial score (nSPS) is 14.7. The minimum absolute atomic E-state index is 0.0255. The van der Waals surface area contributed by atoms with Crippen LogP contribution >= 0.6 is 0 Å². The van der Waals surface area contributed by atoms with Crippen LogP contribution in [-0.4, -0.2) is 11.8 Å². The van der Waals surface area contributed by atoms with Gasteiger partial charge in [-0.05, 0) is 49.2 Å². The van der Waals surface area contributed by atoms with Crippen LogP contribution in [0.5, 0.6) is 0 Å². The van der Waals surface area contributed by atoms with E-state index in [0.29, 0.717) is 0 Å². The Bertz CT molecular complexity index is 917. The summed E-state index contributed by atoms with van der Waals surface area (Å²) in [7, 11) is 0. The molecule has 0 unspecified atom stereocenters. The van der Waals surface area contributed by atoms with Crippen molar-refractivity contribution >= 4 is 29.3 Å². The summed E-state index contributed by atoms with van der Waals surface area (Å²) in [5, 5.41) is 5.07. The molecule has 2 N–H and O–H groups in total. The molecule has 0 saturated heterocycles. The SMILES string of the molecule is O=C(C=Cc1c(F)cccc1F)Nc1ccc(F)c(NC(=O)C2CCCCC2)c1. The Morgan fingerprint density at radius 1 is 0.897 bits per heavy atom. The van der Waals surface area contributed by atoms with Crippen molar-refractivity contribution in [2.75, 3.05) is 10.6 Å². The number of carbonyl (C=O) groups is 2. The van der Waals surface area contributed by atoms with Gasteiger partial charge in [-0.25, -0.2) is 13.2 Å². The van der Waals surface area contributed by atoms with Crippen molar-refractivity contribution in [3.8, 4) is 0 Å². The molecular weight excluding hydrogens is 381 g/mol. The first kappa shape index (κ1) is 20.6. The molecule has 7 heteroatoms. The van der Waals surface area contributed by atoms with E-state index in [1.54, 1.807) is 0 Å². The molecule has 2 amide bonds. The Kier molecular flexibility index (Phi) is 6.69. The van der Waals surface area contributed by atoms with E-state index >= 15 is 0 Å². The van der Waals surface area contributed by atoms with Crippen LogP contribution in [0.15, 0.2) is 42.5 Å². The Hall–Kier alpha value is -3.09. The third-order valence-corrected chi connectivity index (χ3v) is 4.87. The highest BCUT2D eigenvalue weighted by Gasteiger charge is 2.22. The molecule has 1 fully saturated rings. The molecule has 0 heterocycles. The van der Waals surface area contributed by atoms with E-state index in [9.17, 15) is 22.8 Å². The van der Waals surface area contributed by atoms with Gasteiger partial charge in [-0.3, -0.25) is 9.59 Å². The van der Waals surface area contributed by atoms with Gasteiger partial charge in [0, 0.05) is 23.2 Å². The molecule has 0 aromatic heterocycles. The Morgan fingerprint density at radius 3 is 2.28 bits per heavy atom. The number of hydrogen-bond donors (Lipinski definition) is 2. The van der Waals surface area contributed by atoms with Gasteiger partial charge >= 0.3 is 0 Å². The maximum atomic E-state index is 14.1. The average molecular weight is 402 g/mol. The van der Waals surface area contributed by atoms with Crippen molar-refractivity contribution in [1.29, 1.82) is 0 Å². The topological polar surface area (TPSA) is 58.2 Å². The predicted molar refractivity (Wildman–Crippen MR) is 106 cm³/mol. The predicted octanol–water partition coefficient (Wildman–Crippen LogP) is 5.27.